The lowest BCUT2D eigenvalue weighted by molar-refractivity contribution is 0.411. The summed E-state index contributed by atoms with van der Waals surface area (Å²) < 4.78 is 23.7. The molecule has 0 bridgehead atoms. The van der Waals surface area contributed by atoms with Crippen molar-refractivity contribution in [1.82, 2.24) is 0 Å². The van der Waals surface area contributed by atoms with Crippen molar-refractivity contribution in [2.75, 3.05) is 7.11 Å². The zero-order valence-corrected chi connectivity index (χ0v) is 10.2. The molecule has 0 aliphatic rings. The van der Waals surface area contributed by atoms with E-state index in [-0.39, 0.29) is 10.6 Å². The van der Waals surface area contributed by atoms with Gasteiger partial charge in [-0.05, 0) is 12.1 Å². The molecule has 1 heterocycles. The van der Waals surface area contributed by atoms with Crippen molar-refractivity contribution in [3.05, 3.63) is 53.7 Å². The number of halogens is 2. The summed E-state index contributed by atoms with van der Waals surface area (Å²) in [6.45, 7) is 0. The Morgan fingerprint density at radius 1 is 1.38 bits per heavy atom. The third-order valence-electron chi connectivity index (χ3n) is 2.32. The number of ether oxygens (including phenoxy) is 1. The van der Waals surface area contributed by atoms with E-state index in [1.807, 2.05) is 0 Å². The second-order valence-corrected chi connectivity index (χ2v) is 4.22. The van der Waals surface area contributed by atoms with Gasteiger partial charge in [0.25, 0.3) is 0 Å². The van der Waals surface area contributed by atoms with Crippen molar-refractivity contribution in [2.45, 2.75) is 4.83 Å². The van der Waals surface area contributed by atoms with E-state index in [4.69, 9.17) is 9.15 Å². The highest BCUT2D eigenvalue weighted by molar-refractivity contribution is 9.09. The SMILES string of the molecule is COc1ccc(C(Br)c2ccoc2)c(F)c1. The molecule has 1 aromatic carbocycles. The first kappa shape index (κ1) is 11.2. The quantitative estimate of drug-likeness (QED) is 0.798. The van der Waals surface area contributed by atoms with Crippen molar-refractivity contribution in [3.63, 3.8) is 0 Å². The van der Waals surface area contributed by atoms with Gasteiger partial charge in [-0.3, -0.25) is 0 Å². The van der Waals surface area contributed by atoms with E-state index in [1.165, 1.54) is 13.2 Å². The predicted octanol–water partition coefficient (Wildman–Crippen LogP) is 3.91. The molecule has 0 radical (unpaired) electrons. The van der Waals surface area contributed by atoms with Gasteiger partial charge in [0.2, 0.25) is 0 Å². The number of alkyl halides is 1. The van der Waals surface area contributed by atoms with Gasteiger partial charge in [0.15, 0.2) is 0 Å². The van der Waals surface area contributed by atoms with E-state index in [1.54, 1.807) is 30.7 Å². The van der Waals surface area contributed by atoms with Crippen molar-refractivity contribution in [3.8, 4) is 5.75 Å². The van der Waals surface area contributed by atoms with Gasteiger partial charge in [0.1, 0.15) is 11.6 Å². The number of methoxy groups -OCH3 is 1. The van der Waals surface area contributed by atoms with Gasteiger partial charge in [-0.1, -0.05) is 22.0 Å². The van der Waals surface area contributed by atoms with Crippen LogP contribution in [0.1, 0.15) is 16.0 Å². The van der Waals surface area contributed by atoms with Crippen LogP contribution in [0.2, 0.25) is 0 Å². The van der Waals surface area contributed by atoms with Crippen LogP contribution in [-0.2, 0) is 0 Å². The molecule has 2 rings (SSSR count). The Kier molecular flexibility index (Phi) is 3.29. The van der Waals surface area contributed by atoms with Crippen molar-refractivity contribution < 1.29 is 13.5 Å². The van der Waals surface area contributed by atoms with Crippen molar-refractivity contribution in [1.29, 1.82) is 0 Å². The van der Waals surface area contributed by atoms with Crippen LogP contribution >= 0.6 is 15.9 Å². The Balaban J connectivity index is 2.34. The van der Waals surface area contributed by atoms with Gasteiger partial charge in [-0.25, -0.2) is 4.39 Å². The van der Waals surface area contributed by atoms with Gasteiger partial charge >= 0.3 is 0 Å². The molecule has 84 valence electrons. The summed E-state index contributed by atoms with van der Waals surface area (Å²) >= 11 is 3.43. The second-order valence-electron chi connectivity index (χ2n) is 3.31. The summed E-state index contributed by atoms with van der Waals surface area (Å²) in [5.41, 5.74) is 1.44. The van der Waals surface area contributed by atoms with E-state index in [0.717, 1.165) is 5.56 Å². The smallest absolute Gasteiger partial charge is 0.131 e. The molecule has 1 unspecified atom stereocenters. The Hall–Kier alpha value is -1.29. The van der Waals surface area contributed by atoms with E-state index >= 15 is 0 Å². The van der Waals surface area contributed by atoms with E-state index in [9.17, 15) is 4.39 Å². The molecule has 0 fully saturated rings. The lowest BCUT2D eigenvalue weighted by atomic mass is 10.1. The minimum absolute atomic E-state index is 0.211. The minimum atomic E-state index is -0.303. The molecular weight excluding hydrogens is 275 g/mol. The van der Waals surface area contributed by atoms with Crippen LogP contribution in [0.5, 0.6) is 5.75 Å². The molecule has 2 aromatic rings. The number of furan rings is 1. The largest absolute Gasteiger partial charge is 0.497 e. The summed E-state index contributed by atoms with van der Waals surface area (Å²) in [5.74, 6) is 0.204. The first-order valence-electron chi connectivity index (χ1n) is 4.72. The zero-order chi connectivity index (χ0) is 11.5. The van der Waals surface area contributed by atoms with E-state index in [2.05, 4.69) is 15.9 Å². The Morgan fingerprint density at radius 2 is 2.19 bits per heavy atom. The maximum Gasteiger partial charge on any atom is 0.131 e. The van der Waals surface area contributed by atoms with Crippen molar-refractivity contribution in [2.24, 2.45) is 0 Å². The molecule has 0 saturated heterocycles. The molecule has 1 atom stereocenters. The minimum Gasteiger partial charge on any atom is -0.497 e. The number of rotatable bonds is 3. The summed E-state index contributed by atoms with van der Waals surface area (Å²) in [7, 11) is 1.51. The van der Waals surface area contributed by atoms with Gasteiger partial charge < -0.3 is 9.15 Å². The Bertz CT molecular complexity index is 468. The first-order chi connectivity index (χ1) is 7.72. The zero-order valence-electron chi connectivity index (χ0n) is 8.61. The fourth-order valence-corrected chi connectivity index (χ4v) is 2.07. The van der Waals surface area contributed by atoms with Crippen LogP contribution < -0.4 is 4.74 Å². The number of benzene rings is 1. The molecule has 0 spiro atoms. The lowest BCUT2D eigenvalue weighted by Crippen LogP contribution is -1.96. The van der Waals surface area contributed by atoms with Gasteiger partial charge in [0.05, 0.1) is 24.5 Å². The van der Waals surface area contributed by atoms with Crippen LogP contribution in [0.25, 0.3) is 0 Å². The molecule has 4 heteroatoms. The average molecular weight is 285 g/mol. The molecule has 16 heavy (non-hydrogen) atoms. The summed E-state index contributed by atoms with van der Waals surface area (Å²) in [5, 5.41) is 0. The number of hydrogen-bond donors (Lipinski definition) is 0. The third kappa shape index (κ3) is 2.11. The molecular formula is C12H10BrFO2. The highest BCUT2D eigenvalue weighted by Crippen LogP contribution is 2.33. The van der Waals surface area contributed by atoms with E-state index < -0.39 is 0 Å². The standard InChI is InChI=1S/C12H10BrFO2/c1-15-9-2-3-10(11(14)6-9)12(13)8-4-5-16-7-8/h2-7,12H,1H3. The maximum atomic E-state index is 13.7. The summed E-state index contributed by atoms with van der Waals surface area (Å²) in [6.07, 6.45) is 3.15. The normalized spacial score (nSPS) is 12.4. The van der Waals surface area contributed by atoms with Gasteiger partial charge in [-0.15, -0.1) is 0 Å². The van der Waals surface area contributed by atoms with Crippen LogP contribution in [0.3, 0.4) is 0 Å². The fourth-order valence-electron chi connectivity index (χ4n) is 1.44. The summed E-state index contributed by atoms with van der Waals surface area (Å²) in [6, 6.07) is 6.58. The molecule has 0 aliphatic heterocycles. The molecule has 0 saturated carbocycles. The molecule has 2 nitrogen and oxygen atoms in total. The topological polar surface area (TPSA) is 22.4 Å². The van der Waals surface area contributed by atoms with Crippen LogP contribution in [0.4, 0.5) is 4.39 Å². The molecule has 0 aliphatic carbocycles. The second kappa shape index (κ2) is 4.70. The lowest BCUT2D eigenvalue weighted by Gasteiger charge is -2.10. The average Bonchev–Trinajstić information content (AvgIpc) is 2.81. The van der Waals surface area contributed by atoms with Gasteiger partial charge in [-0.2, -0.15) is 0 Å². The van der Waals surface area contributed by atoms with Crippen LogP contribution in [0, 0.1) is 5.82 Å². The molecule has 0 N–H and O–H groups in total. The van der Waals surface area contributed by atoms with Crippen LogP contribution in [-0.4, -0.2) is 7.11 Å². The highest BCUT2D eigenvalue weighted by Gasteiger charge is 2.16. The number of hydrogen-bond acceptors (Lipinski definition) is 2. The first-order valence-corrected chi connectivity index (χ1v) is 5.63. The van der Waals surface area contributed by atoms with Crippen LogP contribution in [0.15, 0.2) is 41.2 Å². The maximum absolute atomic E-state index is 13.7. The third-order valence-corrected chi connectivity index (χ3v) is 3.34. The fraction of sp³-hybridized carbons (Fsp3) is 0.167. The molecule has 1 aromatic heterocycles. The van der Waals surface area contributed by atoms with E-state index in [0.29, 0.717) is 11.3 Å². The highest BCUT2D eigenvalue weighted by atomic mass is 79.9. The monoisotopic (exact) mass is 284 g/mol. The van der Waals surface area contributed by atoms with Gasteiger partial charge in [0, 0.05) is 17.2 Å². The summed E-state index contributed by atoms with van der Waals surface area (Å²) in [4.78, 5) is -0.211. The predicted molar refractivity (Wildman–Crippen MR) is 62.4 cm³/mol. The molecule has 0 amide bonds. The van der Waals surface area contributed by atoms with Crippen molar-refractivity contribution >= 4 is 15.9 Å². The Morgan fingerprint density at radius 3 is 2.75 bits per heavy atom. The Labute approximate surface area is 101 Å².